The molecule has 3 rings (SSSR count). The molecule has 0 aromatic heterocycles. The average Bonchev–Trinajstić information content (AvgIpc) is 2.70. The highest BCUT2D eigenvalue weighted by molar-refractivity contribution is 5.94. The van der Waals surface area contributed by atoms with E-state index < -0.39 is 0 Å². The number of carbonyl (C=O) groups is 2. The molecular weight excluding hydrogens is 383 g/mol. The zero-order valence-electron chi connectivity index (χ0n) is 18.0. The summed E-state index contributed by atoms with van der Waals surface area (Å²) in [6.07, 6.45) is 0. The second-order valence-electron chi connectivity index (χ2n) is 8.13. The number of hydrogen-bond donors (Lipinski definition) is 0. The Labute approximate surface area is 177 Å². The number of Topliss-reactive ketones (excluding diaryl/α,β-unsaturated/α-hetero) is 1. The van der Waals surface area contributed by atoms with Crippen molar-refractivity contribution >= 4 is 11.7 Å². The van der Waals surface area contributed by atoms with Crippen LogP contribution in [0.3, 0.4) is 0 Å². The highest BCUT2D eigenvalue weighted by Gasteiger charge is 2.32. The van der Waals surface area contributed by atoms with Gasteiger partial charge in [-0.1, -0.05) is 12.1 Å². The van der Waals surface area contributed by atoms with Crippen molar-refractivity contribution in [2.24, 2.45) is 0 Å². The Morgan fingerprint density at radius 2 is 1.77 bits per heavy atom. The molecule has 1 aliphatic heterocycles. The lowest BCUT2D eigenvalue weighted by Gasteiger charge is -2.44. The van der Waals surface area contributed by atoms with Gasteiger partial charge in [0.15, 0.2) is 12.4 Å². The van der Waals surface area contributed by atoms with E-state index in [4.69, 9.17) is 4.74 Å². The standard InChI is InChI=1S/C24H29FN2O3/c1-16-11-21(19(4)28)7-10-23(16)30-15-24(29)27-13-17(2)26(12-18(27)3)14-20-5-8-22(25)9-6-20/h5-11,17-18H,12-15H2,1-4H3/t17-,18+/m0/s1. The highest BCUT2D eigenvalue weighted by atomic mass is 19.1. The summed E-state index contributed by atoms with van der Waals surface area (Å²) in [5.74, 6) is 0.332. The highest BCUT2D eigenvalue weighted by Crippen LogP contribution is 2.21. The van der Waals surface area contributed by atoms with Crippen LogP contribution in [0.4, 0.5) is 4.39 Å². The number of piperazine rings is 1. The molecule has 0 radical (unpaired) electrons. The van der Waals surface area contributed by atoms with Gasteiger partial charge in [0.1, 0.15) is 11.6 Å². The molecule has 1 saturated heterocycles. The molecule has 0 N–H and O–H groups in total. The van der Waals surface area contributed by atoms with Crippen molar-refractivity contribution in [1.29, 1.82) is 0 Å². The number of ketones is 1. The quantitative estimate of drug-likeness (QED) is 0.677. The van der Waals surface area contributed by atoms with E-state index in [0.717, 1.165) is 24.2 Å². The maximum atomic E-state index is 13.1. The van der Waals surface area contributed by atoms with Crippen LogP contribution in [0.15, 0.2) is 42.5 Å². The van der Waals surface area contributed by atoms with Crippen molar-refractivity contribution in [2.75, 3.05) is 19.7 Å². The first-order valence-electron chi connectivity index (χ1n) is 10.3. The lowest BCUT2D eigenvalue weighted by atomic mass is 10.1. The first kappa shape index (κ1) is 22.0. The van der Waals surface area contributed by atoms with Crippen molar-refractivity contribution in [3.05, 3.63) is 65.0 Å². The normalized spacial score (nSPS) is 19.6. The summed E-state index contributed by atoms with van der Waals surface area (Å²) in [6, 6.07) is 12.0. The van der Waals surface area contributed by atoms with Crippen molar-refractivity contribution < 1.29 is 18.7 Å². The maximum Gasteiger partial charge on any atom is 0.260 e. The van der Waals surface area contributed by atoms with Crippen molar-refractivity contribution in [2.45, 2.75) is 46.3 Å². The Hall–Kier alpha value is -2.73. The number of benzene rings is 2. The SMILES string of the molecule is CC(=O)c1ccc(OCC(=O)N2C[C@H](C)N(Cc3ccc(F)cc3)C[C@H]2C)c(C)c1. The predicted octanol–water partition coefficient (Wildman–Crippen LogP) is 3.84. The second-order valence-corrected chi connectivity index (χ2v) is 8.13. The fraction of sp³-hybridized carbons (Fsp3) is 0.417. The first-order chi connectivity index (χ1) is 14.2. The Balaban J connectivity index is 1.57. The molecule has 6 heteroatoms. The number of halogens is 1. The van der Waals surface area contributed by atoms with Crippen LogP contribution in [-0.4, -0.2) is 53.3 Å². The van der Waals surface area contributed by atoms with Gasteiger partial charge < -0.3 is 9.64 Å². The number of rotatable bonds is 6. The lowest BCUT2D eigenvalue weighted by Crippen LogP contribution is -2.58. The largest absolute Gasteiger partial charge is 0.483 e. The summed E-state index contributed by atoms with van der Waals surface area (Å²) in [5, 5.41) is 0. The molecule has 1 fully saturated rings. The maximum absolute atomic E-state index is 13.1. The zero-order chi connectivity index (χ0) is 21.8. The fourth-order valence-electron chi connectivity index (χ4n) is 3.84. The summed E-state index contributed by atoms with van der Waals surface area (Å²) in [4.78, 5) is 28.5. The fourth-order valence-corrected chi connectivity index (χ4v) is 3.84. The topological polar surface area (TPSA) is 49.9 Å². The first-order valence-corrected chi connectivity index (χ1v) is 10.3. The van der Waals surface area contributed by atoms with Crippen LogP contribution in [0.2, 0.25) is 0 Å². The minimum Gasteiger partial charge on any atom is -0.483 e. The molecule has 0 aliphatic carbocycles. The Kier molecular flexibility index (Phi) is 6.87. The number of nitrogens with zero attached hydrogens (tertiary/aromatic N) is 2. The van der Waals surface area contributed by atoms with E-state index >= 15 is 0 Å². The molecule has 5 nitrogen and oxygen atoms in total. The lowest BCUT2D eigenvalue weighted by molar-refractivity contribution is -0.139. The molecule has 30 heavy (non-hydrogen) atoms. The molecule has 2 aromatic carbocycles. The number of amides is 1. The Bertz CT molecular complexity index is 913. The minimum atomic E-state index is -0.234. The molecule has 1 heterocycles. The molecule has 0 spiro atoms. The summed E-state index contributed by atoms with van der Waals surface area (Å²) < 4.78 is 18.9. The summed E-state index contributed by atoms with van der Waals surface area (Å²) in [6.45, 7) is 9.59. The van der Waals surface area contributed by atoms with Gasteiger partial charge in [0.25, 0.3) is 5.91 Å². The molecule has 0 unspecified atom stereocenters. The van der Waals surface area contributed by atoms with Crippen LogP contribution in [0.1, 0.15) is 42.3 Å². The molecule has 1 amide bonds. The van der Waals surface area contributed by atoms with Crippen molar-refractivity contribution in [1.82, 2.24) is 9.80 Å². The van der Waals surface area contributed by atoms with Crippen LogP contribution in [0.5, 0.6) is 5.75 Å². The molecular formula is C24H29FN2O3. The Morgan fingerprint density at radius 3 is 2.40 bits per heavy atom. The van der Waals surface area contributed by atoms with Crippen LogP contribution in [-0.2, 0) is 11.3 Å². The number of hydrogen-bond acceptors (Lipinski definition) is 4. The number of ether oxygens (including phenoxy) is 1. The molecule has 2 aromatic rings. The Morgan fingerprint density at radius 1 is 1.07 bits per heavy atom. The van der Waals surface area contributed by atoms with Gasteiger partial charge in [0, 0.05) is 37.3 Å². The summed E-state index contributed by atoms with van der Waals surface area (Å²) in [7, 11) is 0. The van der Waals surface area contributed by atoms with Gasteiger partial charge in [-0.3, -0.25) is 14.5 Å². The second kappa shape index (κ2) is 9.39. The van der Waals surface area contributed by atoms with Crippen LogP contribution < -0.4 is 4.74 Å². The third-order valence-electron chi connectivity index (χ3n) is 5.67. The van der Waals surface area contributed by atoms with E-state index in [0.29, 0.717) is 17.9 Å². The van der Waals surface area contributed by atoms with Gasteiger partial charge in [0.2, 0.25) is 0 Å². The van der Waals surface area contributed by atoms with Crippen LogP contribution in [0.25, 0.3) is 0 Å². The van der Waals surface area contributed by atoms with Gasteiger partial charge in [-0.2, -0.15) is 0 Å². The van der Waals surface area contributed by atoms with Gasteiger partial charge in [-0.05, 0) is 69.2 Å². The van der Waals surface area contributed by atoms with Crippen molar-refractivity contribution in [3.63, 3.8) is 0 Å². The van der Waals surface area contributed by atoms with E-state index in [2.05, 4.69) is 11.8 Å². The third-order valence-corrected chi connectivity index (χ3v) is 5.67. The van der Waals surface area contributed by atoms with Crippen LogP contribution in [0, 0.1) is 12.7 Å². The number of carbonyl (C=O) groups excluding carboxylic acids is 2. The van der Waals surface area contributed by atoms with E-state index in [1.165, 1.54) is 19.1 Å². The average molecular weight is 413 g/mol. The third kappa shape index (κ3) is 5.25. The number of aryl methyl sites for hydroxylation is 1. The van der Waals surface area contributed by atoms with E-state index in [-0.39, 0.29) is 36.2 Å². The van der Waals surface area contributed by atoms with E-state index in [9.17, 15) is 14.0 Å². The molecule has 0 saturated carbocycles. The van der Waals surface area contributed by atoms with Gasteiger partial charge in [0.05, 0.1) is 0 Å². The zero-order valence-corrected chi connectivity index (χ0v) is 18.0. The summed E-state index contributed by atoms with van der Waals surface area (Å²) in [5.41, 5.74) is 2.52. The smallest absolute Gasteiger partial charge is 0.260 e. The van der Waals surface area contributed by atoms with Crippen LogP contribution >= 0.6 is 0 Å². The van der Waals surface area contributed by atoms with Gasteiger partial charge >= 0.3 is 0 Å². The molecule has 160 valence electrons. The van der Waals surface area contributed by atoms with E-state index in [1.54, 1.807) is 30.3 Å². The summed E-state index contributed by atoms with van der Waals surface area (Å²) >= 11 is 0. The molecule has 2 atom stereocenters. The predicted molar refractivity (Wildman–Crippen MR) is 114 cm³/mol. The molecule has 1 aliphatic rings. The minimum absolute atomic E-state index is 0.00190. The monoisotopic (exact) mass is 412 g/mol. The molecule has 0 bridgehead atoms. The van der Waals surface area contributed by atoms with Gasteiger partial charge in [-0.15, -0.1) is 0 Å². The van der Waals surface area contributed by atoms with Crippen molar-refractivity contribution in [3.8, 4) is 5.75 Å². The van der Waals surface area contributed by atoms with Gasteiger partial charge in [-0.25, -0.2) is 4.39 Å². The van der Waals surface area contributed by atoms with E-state index in [1.807, 2.05) is 18.7 Å².